The maximum absolute atomic E-state index is 4.33. The molecule has 0 amide bonds. The van der Waals surface area contributed by atoms with Crippen molar-refractivity contribution in [3.63, 3.8) is 0 Å². The first-order valence-electron chi connectivity index (χ1n) is 8.65. The van der Waals surface area contributed by atoms with Crippen molar-refractivity contribution in [1.29, 1.82) is 0 Å². The largest absolute Gasteiger partial charge is 0.302 e. The number of hydrogen-bond acceptors (Lipinski definition) is 2. The van der Waals surface area contributed by atoms with Crippen molar-refractivity contribution < 1.29 is 0 Å². The van der Waals surface area contributed by atoms with Gasteiger partial charge in [-0.05, 0) is 55.3 Å². The van der Waals surface area contributed by atoms with Gasteiger partial charge in [0.25, 0.3) is 0 Å². The van der Waals surface area contributed by atoms with Crippen molar-refractivity contribution in [3.8, 4) is 11.1 Å². The van der Waals surface area contributed by atoms with Crippen LogP contribution in [0.5, 0.6) is 0 Å². The van der Waals surface area contributed by atoms with Gasteiger partial charge in [0.1, 0.15) is 0 Å². The smallest absolute Gasteiger partial charge is 0.0639 e. The van der Waals surface area contributed by atoms with E-state index in [2.05, 4.69) is 72.4 Å². The molecule has 0 aromatic heterocycles. The van der Waals surface area contributed by atoms with Gasteiger partial charge in [0.2, 0.25) is 0 Å². The van der Waals surface area contributed by atoms with Crippen molar-refractivity contribution in [2.45, 2.75) is 26.8 Å². The van der Waals surface area contributed by atoms with Gasteiger partial charge in [0.15, 0.2) is 0 Å². The molecule has 0 saturated heterocycles. The highest BCUT2D eigenvalue weighted by atomic mass is 15.1. The fourth-order valence-corrected chi connectivity index (χ4v) is 2.87. The van der Waals surface area contributed by atoms with Gasteiger partial charge in [-0.2, -0.15) is 0 Å². The van der Waals surface area contributed by atoms with E-state index < -0.39 is 0 Å². The first-order chi connectivity index (χ1) is 11.7. The predicted octanol–water partition coefficient (Wildman–Crippen LogP) is 5.19. The molecule has 0 spiro atoms. The van der Waals surface area contributed by atoms with Crippen molar-refractivity contribution >= 4 is 5.71 Å². The lowest BCUT2D eigenvalue weighted by Gasteiger charge is -2.15. The van der Waals surface area contributed by atoms with Gasteiger partial charge < -0.3 is 4.90 Å². The standard InChI is InChI=1S/C22H28N2/c1-5-7-22(23-3)21-14-12-20(13-15-21)19-10-8-18(9-11-19)17-24(4)16-6-2/h5,7-15H,6,16-17H2,1-4H3/b7-5-,23-22?. The quantitative estimate of drug-likeness (QED) is 0.641. The second-order valence-electron chi connectivity index (χ2n) is 6.12. The van der Waals surface area contributed by atoms with Gasteiger partial charge in [-0.15, -0.1) is 0 Å². The molecule has 0 saturated carbocycles. The van der Waals surface area contributed by atoms with Crippen molar-refractivity contribution in [2.75, 3.05) is 20.6 Å². The maximum atomic E-state index is 4.33. The van der Waals surface area contributed by atoms with Crippen LogP contribution < -0.4 is 0 Å². The lowest BCUT2D eigenvalue weighted by Crippen LogP contribution is -2.18. The second-order valence-corrected chi connectivity index (χ2v) is 6.12. The van der Waals surface area contributed by atoms with E-state index in [9.17, 15) is 0 Å². The average molecular weight is 320 g/mol. The summed E-state index contributed by atoms with van der Waals surface area (Å²) in [5.74, 6) is 0. The average Bonchev–Trinajstić information content (AvgIpc) is 2.61. The summed E-state index contributed by atoms with van der Waals surface area (Å²) < 4.78 is 0. The first-order valence-corrected chi connectivity index (χ1v) is 8.65. The van der Waals surface area contributed by atoms with E-state index in [1.54, 1.807) is 0 Å². The molecule has 2 rings (SSSR count). The molecule has 0 atom stereocenters. The van der Waals surface area contributed by atoms with E-state index in [1.165, 1.54) is 23.1 Å². The van der Waals surface area contributed by atoms with Crippen LogP contribution in [0.3, 0.4) is 0 Å². The summed E-state index contributed by atoms with van der Waals surface area (Å²) in [6.45, 7) is 6.37. The van der Waals surface area contributed by atoms with Crippen molar-refractivity contribution in [1.82, 2.24) is 4.90 Å². The molecule has 0 aliphatic carbocycles. The summed E-state index contributed by atoms with van der Waals surface area (Å²) in [4.78, 5) is 6.69. The SMILES string of the molecule is C/C=C\C(=NC)c1ccc(-c2ccc(CN(C)CCC)cc2)cc1. The zero-order valence-electron chi connectivity index (χ0n) is 15.3. The number of benzene rings is 2. The molecule has 0 fully saturated rings. The minimum absolute atomic E-state index is 1.01. The van der Waals surface area contributed by atoms with Crippen LogP contribution in [0.15, 0.2) is 65.7 Å². The topological polar surface area (TPSA) is 15.6 Å². The number of rotatable bonds is 7. The van der Waals surface area contributed by atoms with Crippen LogP contribution >= 0.6 is 0 Å². The van der Waals surface area contributed by atoms with Crippen molar-refractivity contribution in [3.05, 3.63) is 71.8 Å². The molecule has 0 bridgehead atoms. The Balaban J connectivity index is 2.12. The van der Waals surface area contributed by atoms with Crippen LogP contribution in [0, 0.1) is 0 Å². The number of nitrogens with zero attached hydrogens (tertiary/aromatic N) is 2. The first kappa shape index (κ1) is 18.2. The molecule has 2 heteroatoms. The van der Waals surface area contributed by atoms with E-state index >= 15 is 0 Å². The molecule has 126 valence electrons. The third-order valence-electron chi connectivity index (χ3n) is 4.09. The van der Waals surface area contributed by atoms with Crippen LogP contribution in [0.2, 0.25) is 0 Å². The molecule has 0 radical (unpaired) electrons. The van der Waals surface area contributed by atoms with Crippen LogP contribution in [-0.4, -0.2) is 31.3 Å². The van der Waals surface area contributed by atoms with E-state index in [0.717, 1.165) is 24.4 Å². The Morgan fingerprint density at radius 2 is 1.58 bits per heavy atom. The molecule has 0 aliphatic heterocycles. The number of aliphatic imine (C=N–C) groups is 1. The van der Waals surface area contributed by atoms with Crippen molar-refractivity contribution in [2.24, 2.45) is 4.99 Å². The van der Waals surface area contributed by atoms with E-state index in [1.807, 2.05) is 26.1 Å². The van der Waals surface area contributed by atoms with Crippen LogP contribution in [-0.2, 0) is 6.54 Å². The Morgan fingerprint density at radius 3 is 2.08 bits per heavy atom. The lowest BCUT2D eigenvalue weighted by atomic mass is 10.0. The van der Waals surface area contributed by atoms with Gasteiger partial charge >= 0.3 is 0 Å². The Bertz CT molecular complexity index is 679. The summed E-state index contributed by atoms with van der Waals surface area (Å²) in [5.41, 5.74) is 6.02. The minimum Gasteiger partial charge on any atom is -0.302 e. The van der Waals surface area contributed by atoms with Gasteiger partial charge in [-0.25, -0.2) is 0 Å². The summed E-state index contributed by atoms with van der Waals surface area (Å²) in [6.07, 6.45) is 5.25. The molecule has 0 N–H and O–H groups in total. The highest BCUT2D eigenvalue weighted by molar-refractivity contribution is 6.08. The summed E-state index contributed by atoms with van der Waals surface area (Å²) in [7, 11) is 4.01. The van der Waals surface area contributed by atoms with Gasteiger partial charge in [0.05, 0.1) is 5.71 Å². The highest BCUT2D eigenvalue weighted by Crippen LogP contribution is 2.21. The molecule has 0 aliphatic rings. The number of hydrogen-bond donors (Lipinski definition) is 0. The Kier molecular flexibility index (Phi) is 6.95. The third-order valence-corrected chi connectivity index (χ3v) is 4.09. The minimum atomic E-state index is 1.01. The van der Waals surface area contributed by atoms with Gasteiger partial charge in [0, 0.05) is 13.6 Å². The molecule has 0 unspecified atom stereocenters. The molecule has 2 aromatic carbocycles. The fraction of sp³-hybridized carbons (Fsp3) is 0.318. The Hall–Kier alpha value is -2.19. The van der Waals surface area contributed by atoms with Gasteiger partial charge in [-0.1, -0.05) is 61.5 Å². The molecular formula is C22H28N2. The second kappa shape index (κ2) is 9.19. The number of allylic oxidation sites excluding steroid dienone is 2. The molecule has 0 heterocycles. The Morgan fingerprint density at radius 1 is 1.00 bits per heavy atom. The maximum Gasteiger partial charge on any atom is 0.0639 e. The zero-order valence-corrected chi connectivity index (χ0v) is 15.3. The summed E-state index contributed by atoms with van der Waals surface area (Å²) >= 11 is 0. The molecular weight excluding hydrogens is 292 g/mol. The molecule has 2 nitrogen and oxygen atoms in total. The highest BCUT2D eigenvalue weighted by Gasteiger charge is 2.03. The lowest BCUT2D eigenvalue weighted by molar-refractivity contribution is 0.327. The monoisotopic (exact) mass is 320 g/mol. The predicted molar refractivity (Wildman–Crippen MR) is 106 cm³/mol. The molecule has 2 aromatic rings. The third kappa shape index (κ3) is 4.90. The van der Waals surface area contributed by atoms with E-state index in [0.29, 0.717) is 0 Å². The van der Waals surface area contributed by atoms with Crippen LogP contribution in [0.1, 0.15) is 31.4 Å². The normalized spacial score (nSPS) is 12.3. The summed E-state index contributed by atoms with van der Waals surface area (Å²) in [6, 6.07) is 17.5. The van der Waals surface area contributed by atoms with Gasteiger partial charge in [-0.3, -0.25) is 4.99 Å². The van der Waals surface area contributed by atoms with Crippen LogP contribution in [0.25, 0.3) is 11.1 Å². The fourth-order valence-electron chi connectivity index (χ4n) is 2.87. The molecule has 24 heavy (non-hydrogen) atoms. The van der Waals surface area contributed by atoms with E-state index in [-0.39, 0.29) is 0 Å². The summed E-state index contributed by atoms with van der Waals surface area (Å²) in [5, 5.41) is 0. The Labute approximate surface area is 146 Å². The van der Waals surface area contributed by atoms with E-state index in [4.69, 9.17) is 0 Å². The zero-order chi connectivity index (χ0) is 17.4. The van der Waals surface area contributed by atoms with Crippen LogP contribution in [0.4, 0.5) is 0 Å².